The zero-order valence-electron chi connectivity index (χ0n) is 12.0. The summed E-state index contributed by atoms with van der Waals surface area (Å²) in [6.45, 7) is 7.71. The molecule has 0 aromatic heterocycles. The quantitative estimate of drug-likeness (QED) is 0.819. The van der Waals surface area contributed by atoms with Crippen LogP contribution in [0.2, 0.25) is 0 Å². The van der Waals surface area contributed by atoms with Gasteiger partial charge in [-0.1, -0.05) is 34.1 Å². The summed E-state index contributed by atoms with van der Waals surface area (Å²) in [5.74, 6) is -0.744. The van der Waals surface area contributed by atoms with Crippen LogP contribution in [-0.2, 0) is 9.59 Å². The predicted molar refractivity (Wildman–Crippen MR) is 76.9 cm³/mol. The fourth-order valence-corrected chi connectivity index (χ4v) is 3.57. The number of carbonyl (C=O) groups is 2. The van der Waals surface area contributed by atoms with E-state index in [0.717, 1.165) is 12.8 Å². The maximum absolute atomic E-state index is 12.5. The highest BCUT2D eigenvalue weighted by atomic mass is 32.2. The standard InChI is InChI=1S/C13H24N2O3S/c1-5-6-9-15(8(7-19-9)12(17)18)11(16)10(14)13(2,3)4/h8-10H,5-7,14H2,1-4H3,(H,17,18)/t8?,9?,10-/m0/s1. The molecule has 1 saturated heterocycles. The molecule has 1 aliphatic heterocycles. The number of nitrogens with two attached hydrogens (primary N) is 1. The van der Waals surface area contributed by atoms with E-state index in [9.17, 15) is 14.7 Å². The van der Waals surface area contributed by atoms with Gasteiger partial charge in [-0.15, -0.1) is 11.8 Å². The van der Waals surface area contributed by atoms with E-state index in [1.165, 1.54) is 16.7 Å². The summed E-state index contributed by atoms with van der Waals surface area (Å²) in [6.07, 6.45) is 1.72. The fraction of sp³-hybridized carbons (Fsp3) is 0.846. The molecule has 19 heavy (non-hydrogen) atoms. The SMILES string of the molecule is CCCC1SCC(C(=O)O)N1C(=O)[C@H](N)C(C)(C)C. The maximum Gasteiger partial charge on any atom is 0.327 e. The summed E-state index contributed by atoms with van der Waals surface area (Å²) in [4.78, 5) is 25.3. The number of hydrogen-bond donors (Lipinski definition) is 2. The molecule has 0 bridgehead atoms. The molecule has 5 nitrogen and oxygen atoms in total. The molecule has 1 heterocycles. The highest BCUT2D eigenvalue weighted by molar-refractivity contribution is 8.00. The topological polar surface area (TPSA) is 83.6 Å². The smallest absolute Gasteiger partial charge is 0.327 e. The summed E-state index contributed by atoms with van der Waals surface area (Å²) >= 11 is 1.54. The summed E-state index contributed by atoms with van der Waals surface area (Å²) in [6, 6.07) is -1.42. The van der Waals surface area contributed by atoms with Crippen molar-refractivity contribution in [2.45, 2.75) is 58.0 Å². The first-order valence-electron chi connectivity index (χ1n) is 6.62. The highest BCUT2D eigenvalue weighted by Crippen LogP contribution is 2.34. The molecule has 0 spiro atoms. The zero-order valence-corrected chi connectivity index (χ0v) is 12.9. The number of carboxylic acid groups (broad SMARTS) is 1. The molecule has 2 unspecified atom stereocenters. The van der Waals surface area contributed by atoms with Gasteiger partial charge in [0.25, 0.3) is 0 Å². The van der Waals surface area contributed by atoms with Gasteiger partial charge in [0.05, 0.1) is 11.4 Å². The van der Waals surface area contributed by atoms with Gasteiger partial charge in [0.1, 0.15) is 6.04 Å². The van der Waals surface area contributed by atoms with Crippen LogP contribution in [0.5, 0.6) is 0 Å². The molecule has 3 N–H and O–H groups in total. The fourth-order valence-electron chi connectivity index (χ4n) is 2.05. The summed E-state index contributed by atoms with van der Waals surface area (Å²) in [5, 5.41) is 9.19. The van der Waals surface area contributed by atoms with Crippen LogP contribution in [-0.4, -0.2) is 45.1 Å². The Morgan fingerprint density at radius 2 is 2.05 bits per heavy atom. The van der Waals surface area contributed by atoms with E-state index in [1.54, 1.807) is 0 Å². The highest BCUT2D eigenvalue weighted by Gasteiger charge is 2.44. The second kappa shape index (κ2) is 6.13. The van der Waals surface area contributed by atoms with Gasteiger partial charge in [-0.2, -0.15) is 0 Å². The number of aliphatic carboxylic acids is 1. The van der Waals surface area contributed by atoms with Crippen LogP contribution in [0.4, 0.5) is 0 Å². The van der Waals surface area contributed by atoms with Gasteiger partial charge in [0.2, 0.25) is 5.91 Å². The Balaban J connectivity index is 2.95. The summed E-state index contributed by atoms with van der Waals surface area (Å²) in [5.41, 5.74) is 5.63. The van der Waals surface area contributed by atoms with E-state index in [2.05, 4.69) is 0 Å². The lowest BCUT2D eigenvalue weighted by Crippen LogP contribution is -2.55. The van der Waals surface area contributed by atoms with E-state index in [1.807, 2.05) is 27.7 Å². The Kier molecular flexibility index (Phi) is 5.26. The number of carbonyl (C=O) groups excluding carboxylic acids is 1. The monoisotopic (exact) mass is 288 g/mol. The van der Waals surface area contributed by atoms with Gasteiger partial charge < -0.3 is 15.7 Å². The van der Waals surface area contributed by atoms with Gasteiger partial charge in [-0.05, 0) is 11.8 Å². The first-order valence-corrected chi connectivity index (χ1v) is 7.67. The molecule has 110 valence electrons. The third-order valence-corrected chi connectivity index (χ3v) is 4.72. The number of hydrogen-bond acceptors (Lipinski definition) is 4. The summed E-state index contributed by atoms with van der Waals surface area (Å²) in [7, 11) is 0. The minimum absolute atomic E-state index is 0.0630. The largest absolute Gasteiger partial charge is 0.480 e. The molecule has 0 radical (unpaired) electrons. The van der Waals surface area contributed by atoms with Crippen LogP contribution in [0.1, 0.15) is 40.5 Å². The minimum Gasteiger partial charge on any atom is -0.480 e. The molecule has 6 heteroatoms. The first-order chi connectivity index (χ1) is 8.70. The van der Waals surface area contributed by atoms with Crippen molar-refractivity contribution in [2.75, 3.05) is 5.75 Å². The number of nitrogens with zero attached hydrogens (tertiary/aromatic N) is 1. The molecule has 1 rings (SSSR count). The number of thioether (sulfide) groups is 1. The van der Waals surface area contributed by atoms with Gasteiger partial charge in [0.15, 0.2) is 0 Å². The van der Waals surface area contributed by atoms with Crippen molar-refractivity contribution in [1.29, 1.82) is 0 Å². The molecule has 1 amide bonds. The third-order valence-electron chi connectivity index (χ3n) is 3.37. The Labute approximate surface area is 118 Å². The predicted octanol–water partition coefficient (Wildman–Crippen LogP) is 1.51. The van der Waals surface area contributed by atoms with Crippen LogP contribution in [0, 0.1) is 5.41 Å². The van der Waals surface area contributed by atoms with Crippen LogP contribution in [0.25, 0.3) is 0 Å². The van der Waals surface area contributed by atoms with E-state index >= 15 is 0 Å². The lowest BCUT2D eigenvalue weighted by Gasteiger charge is -2.34. The maximum atomic E-state index is 12.5. The van der Waals surface area contributed by atoms with Crippen molar-refractivity contribution in [3.05, 3.63) is 0 Å². The molecule has 0 aromatic carbocycles. The van der Waals surface area contributed by atoms with E-state index in [4.69, 9.17) is 5.73 Å². The average Bonchev–Trinajstić information content (AvgIpc) is 2.70. The molecule has 1 fully saturated rings. The Morgan fingerprint density at radius 1 is 1.47 bits per heavy atom. The number of rotatable bonds is 4. The molecule has 0 aromatic rings. The third kappa shape index (κ3) is 3.63. The van der Waals surface area contributed by atoms with Crippen LogP contribution < -0.4 is 5.73 Å². The molecule has 0 saturated carbocycles. The minimum atomic E-state index is -0.944. The van der Waals surface area contributed by atoms with Crippen molar-refractivity contribution < 1.29 is 14.7 Å². The van der Waals surface area contributed by atoms with Gasteiger partial charge in [-0.25, -0.2) is 4.79 Å². The molecular weight excluding hydrogens is 264 g/mol. The molecule has 1 aliphatic rings. The lowest BCUT2D eigenvalue weighted by atomic mass is 9.86. The first kappa shape index (κ1) is 16.3. The number of amides is 1. The second-order valence-electron chi connectivity index (χ2n) is 6.02. The van der Waals surface area contributed by atoms with Crippen molar-refractivity contribution in [1.82, 2.24) is 4.90 Å². The Morgan fingerprint density at radius 3 is 2.47 bits per heavy atom. The molecule has 0 aliphatic carbocycles. The lowest BCUT2D eigenvalue weighted by molar-refractivity contribution is -0.150. The van der Waals surface area contributed by atoms with E-state index < -0.39 is 18.1 Å². The van der Waals surface area contributed by atoms with Crippen LogP contribution in [0.3, 0.4) is 0 Å². The van der Waals surface area contributed by atoms with Crippen molar-refractivity contribution in [3.8, 4) is 0 Å². The van der Waals surface area contributed by atoms with E-state index in [0.29, 0.717) is 5.75 Å². The van der Waals surface area contributed by atoms with Crippen LogP contribution in [0.15, 0.2) is 0 Å². The van der Waals surface area contributed by atoms with Crippen molar-refractivity contribution >= 4 is 23.6 Å². The van der Waals surface area contributed by atoms with Crippen LogP contribution >= 0.6 is 11.8 Å². The van der Waals surface area contributed by atoms with Gasteiger partial charge in [-0.3, -0.25) is 4.79 Å². The average molecular weight is 288 g/mol. The molecular formula is C13H24N2O3S. The normalized spacial score (nSPS) is 25.4. The number of carboxylic acids is 1. The van der Waals surface area contributed by atoms with Gasteiger partial charge >= 0.3 is 5.97 Å². The Bertz CT molecular complexity index is 354. The Hall–Kier alpha value is -0.750. The van der Waals surface area contributed by atoms with Gasteiger partial charge in [0, 0.05) is 5.75 Å². The molecule has 3 atom stereocenters. The zero-order chi connectivity index (χ0) is 14.8. The van der Waals surface area contributed by atoms with Crippen molar-refractivity contribution in [2.24, 2.45) is 11.1 Å². The van der Waals surface area contributed by atoms with Crippen molar-refractivity contribution in [3.63, 3.8) is 0 Å². The van der Waals surface area contributed by atoms with E-state index in [-0.39, 0.29) is 16.7 Å². The summed E-state index contributed by atoms with van der Waals surface area (Å²) < 4.78 is 0. The second-order valence-corrected chi connectivity index (χ2v) is 7.23.